The average Bonchev–Trinajstić information content (AvgIpc) is 2.42. The smallest absolute Gasteiger partial charge is 0.242 e. The molecule has 0 aromatic heterocycles. The average molecular weight is 267 g/mol. The van der Waals surface area contributed by atoms with E-state index in [4.69, 9.17) is 5.73 Å². The Morgan fingerprint density at radius 2 is 1.95 bits per heavy atom. The van der Waals surface area contributed by atoms with Crippen molar-refractivity contribution in [3.63, 3.8) is 0 Å². The van der Waals surface area contributed by atoms with Crippen molar-refractivity contribution in [3.05, 3.63) is 0 Å². The first-order chi connectivity index (χ1) is 9.11. The van der Waals surface area contributed by atoms with Crippen molar-refractivity contribution in [1.29, 1.82) is 0 Å². The molecule has 0 aromatic carbocycles. The SMILES string of the molecule is CC1C(=O)NCCN1C(=O)CC1CCC(CN)CC1. The van der Waals surface area contributed by atoms with Gasteiger partial charge >= 0.3 is 0 Å². The van der Waals surface area contributed by atoms with Crippen molar-refractivity contribution < 1.29 is 9.59 Å². The maximum absolute atomic E-state index is 12.3. The lowest BCUT2D eigenvalue weighted by molar-refractivity contribution is -0.143. The van der Waals surface area contributed by atoms with Crippen molar-refractivity contribution in [3.8, 4) is 0 Å². The van der Waals surface area contributed by atoms with E-state index in [9.17, 15) is 9.59 Å². The predicted molar refractivity (Wildman–Crippen MR) is 73.3 cm³/mol. The van der Waals surface area contributed by atoms with Crippen LogP contribution in [0.3, 0.4) is 0 Å². The molecule has 1 unspecified atom stereocenters. The van der Waals surface area contributed by atoms with Gasteiger partial charge in [0.25, 0.3) is 0 Å². The van der Waals surface area contributed by atoms with Gasteiger partial charge in [-0.25, -0.2) is 0 Å². The summed E-state index contributed by atoms with van der Waals surface area (Å²) in [5.74, 6) is 1.23. The number of piperazine rings is 1. The summed E-state index contributed by atoms with van der Waals surface area (Å²) < 4.78 is 0. The molecule has 5 nitrogen and oxygen atoms in total. The fraction of sp³-hybridized carbons (Fsp3) is 0.857. The van der Waals surface area contributed by atoms with Crippen LogP contribution in [0.2, 0.25) is 0 Å². The van der Waals surface area contributed by atoms with Gasteiger partial charge in [-0.15, -0.1) is 0 Å². The molecule has 0 radical (unpaired) electrons. The molecule has 2 aliphatic rings. The van der Waals surface area contributed by atoms with Crippen LogP contribution in [0.15, 0.2) is 0 Å². The molecule has 2 fully saturated rings. The fourth-order valence-corrected chi connectivity index (χ4v) is 3.16. The van der Waals surface area contributed by atoms with Gasteiger partial charge in [-0.3, -0.25) is 9.59 Å². The third kappa shape index (κ3) is 3.47. The van der Waals surface area contributed by atoms with Gasteiger partial charge in [-0.2, -0.15) is 0 Å². The van der Waals surface area contributed by atoms with Crippen molar-refractivity contribution in [2.24, 2.45) is 17.6 Å². The zero-order chi connectivity index (χ0) is 13.8. The Balaban J connectivity index is 1.82. The van der Waals surface area contributed by atoms with Gasteiger partial charge in [0.1, 0.15) is 6.04 Å². The summed E-state index contributed by atoms with van der Waals surface area (Å²) in [6, 6.07) is -0.318. The highest BCUT2D eigenvalue weighted by Crippen LogP contribution is 2.30. The highest BCUT2D eigenvalue weighted by Gasteiger charge is 2.31. The molecule has 1 saturated carbocycles. The van der Waals surface area contributed by atoms with Crippen LogP contribution >= 0.6 is 0 Å². The quantitative estimate of drug-likeness (QED) is 0.781. The molecule has 2 amide bonds. The molecule has 19 heavy (non-hydrogen) atoms. The molecular formula is C14H25N3O2. The molecule has 1 aliphatic heterocycles. The summed E-state index contributed by atoms with van der Waals surface area (Å²) in [5, 5.41) is 2.79. The minimum atomic E-state index is -0.318. The highest BCUT2D eigenvalue weighted by molar-refractivity contribution is 5.88. The van der Waals surface area contributed by atoms with Crippen molar-refractivity contribution in [1.82, 2.24) is 10.2 Å². The lowest BCUT2D eigenvalue weighted by Crippen LogP contribution is -2.56. The predicted octanol–water partition coefficient (Wildman–Crippen LogP) is 0.489. The van der Waals surface area contributed by atoms with Crippen molar-refractivity contribution in [2.45, 2.75) is 45.1 Å². The molecule has 1 aliphatic carbocycles. The van der Waals surface area contributed by atoms with E-state index in [2.05, 4.69) is 5.32 Å². The Hall–Kier alpha value is -1.10. The monoisotopic (exact) mass is 267 g/mol. The summed E-state index contributed by atoms with van der Waals surface area (Å²) in [5.41, 5.74) is 5.68. The number of hydrogen-bond acceptors (Lipinski definition) is 3. The molecule has 1 heterocycles. The summed E-state index contributed by atoms with van der Waals surface area (Å²) in [6.45, 7) is 3.79. The van der Waals surface area contributed by atoms with Crippen LogP contribution in [-0.2, 0) is 9.59 Å². The third-order valence-corrected chi connectivity index (χ3v) is 4.58. The summed E-state index contributed by atoms with van der Waals surface area (Å²) in [6.07, 6.45) is 5.08. The first-order valence-corrected chi connectivity index (χ1v) is 7.39. The summed E-state index contributed by atoms with van der Waals surface area (Å²) in [7, 11) is 0. The van der Waals surface area contributed by atoms with Crippen molar-refractivity contribution in [2.75, 3.05) is 19.6 Å². The van der Waals surface area contributed by atoms with Gasteiger partial charge in [0.05, 0.1) is 0 Å². The van der Waals surface area contributed by atoms with E-state index in [1.54, 1.807) is 11.8 Å². The number of carbonyl (C=O) groups excluding carboxylic acids is 2. The van der Waals surface area contributed by atoms with Gasteiger partial charge in [0.2, 0.25) is 11.8 Å². The Kier molecular flexibility index (Phi) is 4.80. The van der Waals surface area contributed by atoms with E-state index >= 15 is 0 Å². The first-order valence-electron chi connectivity index (χ1n) is 7.39. The largest absolute Gasteiger partial charge is 0.353 e. The summed E-state index contributed by atoms with van der Waals surface area (Å²) >= 11 is 0. The maximum Gasteiger partial charge on any atom is 0.242 e. The Bertz CT molecular complexity index is 338. The molecule has 0 aromatic rings. The van der Waals surface area contributed by atoms with Gasteiger partial charge < -0.3 is 16.0 Å². The van der Waals surface area contributed by atoms with Crippen molar-refractivity contribution >= 4 is 11.8 Å². The maximum atomic E-state index is 12.3. The third-order valence-electron chi connectivity index (χ3n) is 4.58. The van der Waals surface area contributed by atoms with Crippen LogP contribution < -0.4 is 11.1 Å². The molecule has 0 spiro atoms. The minimum absolute atomic E-state index is 0.0357. The molecule has 5 heteroatoms. The number of nitrogens with one attached hydrogen (secondary N) is 1. The number of nitrogens with zero attached hydrogens (tertiary/aromatic N) is 1. The lowest BCUT2D eigenvalue weighted by atomic mass is 9.80. The fourth-order valence-electron chi connectivity index (χ4n) is 3.16. The standard InChI is InChI=1S/C14H25N3O2/c1-10-14(19)16-6-7-17(10)13(18)8-11-2-4-12(9-15)5-3-11/h10-12H,2-9,15H2,1H3,(H,16,19). The van der Waals surface area contributed by atoms with E-state index in [0.717, 1.165) is 32.2 Å². The van der Waals surface area contributed by atoms with Crippen LogP contribution in [0.1, 0.15) is 39.0 Å². The van der Waals surface area contributed by atoms with Crippen LogP contribution in [-0.4, -0.2) is 42.4 Å². The topological polar surface area (TPSA) is 75.4 Å². The Labute approximate surface area is 114 Å². The van der Waals surface area contributed by atoms with Gasteiger partial charge in [-0.05, 0) is 51.0 Å². The summed E-state index contributed by atoms with van der Waals surface area (Å²) in [4.78, 5) is 25.6. The van der Waals surface area contributed by atoms with E-state index in [-0.39, 0.29) is 17.9 Å². The molecule has 2 rings (SSSR count). The van der Waals surface area contributed by atoms with Crippen LogP contribution in [0.25, 0.3) is 0 Å². The first kappa shape index (κ1) is 14.3. The number of carbonyl (C=O) groups is 2. The number of nitrogens with two attached hydrogens (primary N) is 1. The highest BCUT2D eigenvalue weighted by atomic mass is 16.2. The second-order valence-electron chi connectivity index (χ2n) is 5.88. The number of amides is 2. The van der Waals surface area contributed by atoms with Gasteiger partial charge in [0.15, 0.2) is 0 Å². The van der Waals surface area contributed by atoms with E-state index in [1.165, 1.54) is 0 Å². The van der Waals surface area contributed by atoms with Gasteiger partial charge in [-0.1, -0.05) is 0 Å². The normalized spacial score (nSPS) is 32.0. The van der Waals surface area contributed by atoms with Crippen LogP contribution in [0.4, 0.5) is 0 Å². The van der Waals surface area contributed by atoms with Gasteiger partial charge in [0, 0.05) is 19.5 Å². The molecule has 3 N–H and O–H groups in total. The zero-order valence-corrected chi connectivity index (χ0v) is 11.7. The number of hydrogen-bond donors (Lipinski definition) is 2. The zero-order valence-electron chi connectivity index (χ0n) is 11.7. The molecule has 1 atom stereocenters. The molecular weight excluding hydrogens is 242 g/mol. The lowest BCUT2D eigenvalue weighted by Gasteiger charge is -2.35. The molecule has 1 saturated heterocycles. The Morgan fingerprint density at radius 3 is 2.58 bits per heavy atom. The molecule has 108 valence electrons. The minimum Gasteiger partial charge on any atom is -0.353 e. The molecule has 0 bridgehead atoms. The number of rotatable bonds is 3. The van der Waals surface area contributed by atoms with E-state index in [0.29, 0.717) is 31.3 Å². The van der Waals surface area contributed by atoms with Crippen LogP contribution in [0.5, 0.6) is 0 Å². The van der Waals surface area contributed by atoms with E-state index in [1.807, 2.05) is 0 Å². The second-order valence-corrected chi connectivity index (χ2v) is 5.88. The Morgan fingerprint density at radius 1 is 1.32 bits per heavy atom. The van der Waals surface area contributed by atoms with Crippen LogP contribution in [0, 0.1) is 11.8 Å². The van der Waals surface area contributed by atoms with E-state index < -0.39 is 0 Å². The second kappa shape index (κ2) is 6.37.